The van der Waals surface area contributed by atoms with Gasteiger partial charge in [0.15, 0.2) is 11.5 Å². The molecule has 5 nitrogen and oxygen atoms in total. The molecule has 1 aromatic heterocycles. The molecule has 0 N–H and O–H groups in total. The Morgan fingerprint density at radius 1 is 1.18 bits per heavy atom. The van der Waals surface area contributed by atoms with Crippen LogP contribution in [-0.2, 0) is 12.8 Å². The molecule has 118 valence electrons. The maximum absolute atomic E-state index is 11.0. The van der Waals surface area contributed by atoms with Crippen molar-refractivity contribution in [2.75, 3.05) is 6.79 Å². The predicted molar refractivity (Wildman–Crippen MR) is 80.4 cm³/mol. The Hall–Kier alpha value is -2.17. The molecular weight excluding hydrogens is 284 g/mol. The third kappa shape index (κ3) is 3.35. The number of ether oxygens (including phenoxy) is 2. The van der Waals surface area contributed by atoms with Gasteiger partial charge in [-0.1, -0.05) is 13.0 Å². The van der Waals surface area contributed by atoms with Gasteiger partial charge in [0.1, 0.15) is 11.5 Å². The Bertz CT molecular complexity index is 697. The zero-order valence-electron chi connectivity index (χ0n) is 12.9. The maximum atomic E-state index is 11.0. The van der Waals surface area contributed by atoms with Crippen LogP contribution in [0.5, 0.6) is 11.5 Å². The summed E-state index contributed by atoms with van der Waals surface area (Å²) in [5.74, 6) is 2.84. The van der Waals surface area contributed by atoms with Gasteiger partial charge in [-0.25, -0.2) is 4.79 Å². The van der Waals surface area contributed by atoms with Gasteiger partial charge in [0.05, 0.1) is 0 Å². The van der Waals surface area contributed by atoms with Crippen LogP contribution in [0.3, 0.4) is 0 Å². The minimum Gasteiger partial charge on any atom is -0.454 e. The van der Waals surface area contributed by atoms with Crippen LogP contribution in [0.25, 0.3) is 0 Å². The largest absolute Gasteiger partial charge is 0.519 e. The summed E-state index contributed by atoms with van der Waals surface area (Å²) in [6.07, 6.45) is 3.76. The van der Waals surface area contributed by atoms with E-state index in [9.17, 15) is 4.79 Å². The van der Waals surface area contributed by atoms with Crippen molar-refractivity contribution in [3.8, 4) is 11.5 Å². The third-order valence-corrected chi connectivity index (χ3v) is 3.96. The van der Waals surface area contributed by atoms with Crippen LogP contribution >= 0.6 is 0 Å². The van der Waals surface area contributed by atoms with E-state index < -0.39 is 5.82 Å². The molecular formula is C17H20O5. The number of hydrogen-bond acceptors (Lipinski definition) is 5. The zero-order chi connectivity index (χ0) is 15.5. The van der Waals surface area contributed by atoms with Gasteiger partial charge in [0.25, 0.3) is 0 Å². The Morgan fingerprint density at radius 3 is 2.77 bits per heavy atom. The first kappa shape index (κ1) is 14.8. The molecule has 5 heteroatoms. The second-order valence-electron chi connectivity index (χ2n) is 5.82. The van der Waals surface area contributed by atoms with Crippen molar-refractivity contribution in [3.05, 3.63) is 45.9 Å². The van der Waals surface area contributed by atoms with Crippen molar-refractivity contribution in [2.24, 2.45) is 5.92 Å². The Labute approximate surface area is 128 Å². The van der Waals surface area contributed by atoms with Crippen molar-refractivity contribution in [2.45, 2.75) is 39.5 Å². The number of fused-ring (bicyclic) bond motifs is 1. The molecule has 0 saturated carbocycles. The monoisotopic (exact) mass is 304 g/mol. The average molecular weight is 304 g/mol. The van der Waals surface area contributed by atoms with E-state index in [-0.39, 0.29) is 0 Å². The van der Waals surface area contributed by atoms with Gasteiger partial charge in [-0.15, -0.1) is 0 Å². The van der Waals surface area contributed by atoms with Crippen LogP contribution in [0.4, 0.5) is 0 Å². The number of aryl methyl sites for hydroxylation is 2. The molecule has 1 aromatic carbocycles. The van der Waals surface area contributed by atoms with Crippen molar-refractivity contribution in [3.63, 3.8) is 0 Å². The van der Waals surface area contributed by atoms with Crippen LogP contribution in [0.15, 0.2) is 31.8 Å². The lowest BCUT2D eigenvalue weighted by Gasteiger charge is -2.11. The van der Waals surface area contributed by atoms with Gasteiger partial charge in [0.2, 0.25) is 6.79 Å². The van der Waals surface area contributed by atoms with Gasteiger partial charge in [0, 0.05) is 6.42 Å². The summed E-state index contributed by atoms with van der Waals surface area (Å²) in [7, 11) is 0. The second kappa shape index (κ2) is 6.30. The molecule has 3 rings (SSSR count). The van der Waals surface area contributed by atoms with E-state index in [0.717, 1.165) is 37.2 Å². The highest BCUT2D eigenvalue weighted by atomic mass is 16.7. The number of rotatable bonds is 6. The van der Waals surface area contributed by atoms with Crippen LogP contribution in [0.1, 0.15) is 36.8 Å². The quantitative estimate of drug-likeness (QED) is 0.817. The summed E-state index contributed by atoms with van der Waals surface area (Å²) in [6.45, 7) is 4.29. The summed E-state index contributed by atoms with van der Waals surface area (Å²) in [4.78, 5) is 11.0. The maximum Gasteiger partial charge on any atom is 0.519 e. The van der Waals surface area contributed by atoms with E-state index >= 15 is 0 Å². The number of hydrogen-bond donors (Lipinski definition) is 0. The molecule has 0 bridgehead atoms. The molecule has 0 amide bonds. The fraction of sp³-hybridized carbons (Fsp3) is 0.471. The van der Waals surface area contributed by atoms with Gasteiger partial charge in [-0.05, 0) is 49.8 Å². The minimum atomic E-state index is -0.610. The van der Waals surface area contributed by atoms with Crippen molar-refractivity contribution >= 4 is 0 Å². The molecule has 22 heavy (non-hydrogen) atoms. The van der Waals surface area contributed by atoms with Crippen molar-refractivity contribution in [1.29, 1.82) is 0 Å². The highest BCUT2D eigenvalue weighted by Crippen LogP contribution is 2.33. The molecule has 0 spiro atoms. The predicted octanol–water partition coefficient (Wildman–Crippen LogP) is 3.47. The van der Waals surface area contributed by atoms with Gasteiger partial charge >= 0.3 is 5.82 Å². The Morgan fingerprint density at radius 2 is 2.00 bits per heavy atom. The van der Waals surface area contributed by atoms with Crippen molar-refractivity contribution < 1.29 is 18.3 Å². The molecule has 0 saturated heterocycles. The second-order valence-corrected chi connectivity index (χ2v) is 5.82. The SMILES string of the molecule is Cc1oc(=O)oc1CCC[C@H](C)Cc1ccc2c(c1)OCO2. The molecule has 2 aromatic rings. The van der Waals surface area contributed by atoms with Crippen LogP contribution in [0.2, 0.25) is 0 Å². The van der Waals surface area contributed by atoms with E-state index in [1.165, 1.54) is 5.56 Å². The van der Waals surface area contributed by atoms with Crippen molar-refractivity contribution in [1.82, 2.24) is 0 Å². The summed E-state index contributed by atoms with van der Waals surface area (Å²) in [5, 5.41) is 0. The fourth-order valence-corrected chi connectivity index (χ4v) is 2.79. The van der Waals surface area contributed by atoms with Gasteiger partial charge < -0.3 is 18.3 Å². The van der Waals surface area contributed by atoms with Gasteiger partial charge in [-0.3, -0.25) is 0 Å². The lowest BCUT2D eigenvalue weighted by Crippen LogP contribution is -2.01. The normalized spacial score (nSPS) is 14.3. The highest BCUT2D eigenvalue weighted by molar-refractivity contribution is 5.44. The average Bonchev–Trinajstić information content (AvgIpc) is 3.05. The van der Waals surface area contributed by atoms with Crippen LogP contribution < -0.4 is 15.3 Å². The minimum absolute atomic E-state index is 0.309. The van der Waals surface area contributed by atoms with E-state index in [2.05, 4.69) is 19.1 Å². The molecule has 1 atom stereocenters. The van der Waals surface area contributed by atoms with Crippen LogP contribution in [0, 0.1) is 12.8 Å². The molecule has 1 aliphatic rings. The summed E-state index contributed by atoms with van der Waals surface area (Å²) < 4.78 is 20.6. The van der Waals surface area contributed by atoms with Crippen LogP contribution in [-0.4, -0.2) is 6.79 Å². The molecule has 0 unspecified atom stereocenters. The standard InChI is InChI=1S/C17H20O5/c1-11(4-3-5-14-12(2)21-17(18)22-14)8-13-6-7-15-16(9-13)20-10-19-15/h6-7,9,11H,3-5,8,10H2,1-2H3/t11-/m0/s1. The number of benzene rings is 1. The molecule has 1 aliphatic heterocycles. The summed E-state index contributed by atoms with van der Waals surface area (Å²) in [5.41, 5.74) is 1.25. The first-order valence-electron chi connectivity index (χ1n) is 7.60. The Balaban J connectivity index is 1.49. The van der Waals surface area contributed by atoms with E-state index in [0.29, 0.717) is 24.2 Å². The Kier molecular flexibility index (Phi) is 4.22. The molecule has 0 radical (unpaired) electrons. The third-order valence-electron chi connectivity index (χ3n) is 3.96. The first-order chi connectivity index (χ1) is 10.6. The summed E-state index contributed by atoms with van der Waals surface area (Å²) >= 11 is 0. The molecule has 2 heterocycles. The van der Waals surface area contributed by atoms with E-state index in [1.807, 2.05) is 6.07 Å². The molecule has 0 aliphatic carbocycles. The zero-order valence-corrected chi connectivity index (χ0v) is 12.9. The smallest absolute Gasteiger partial charge is 0.454 e. The first-order valence-corrected chi connectivity index (χ1v) is 7.60. The lowest BCUT2D eigenvalue weighted by atomic mass is 9.95. The van der Waals surface area contributed by atoms with Gasteiger partial charge in [-0.2, -0.15) is 0 Å². The topological polar surface area (TPSA) is 61.8 Å². The van der Waals surface area contributed by atoms with E-state index in [4.69, 9.17) is 18.3 Å². The molecule has 0 fully saturated rings. The highest BCUT2D eigenvalue weighted by Gasteiger charge is 2.14. The fourth-order valence-electron chi connectivity index (χ4n) is 2.79. The lowest BCUT2D eigenvalue weighted by molar-refractivity contribution is 0.174. The summed E-state index contributed by atoms with van der Waals surface area (Å²) in [6, 6.07) is 6.11. The van der Waals surface area contributed by atoms with E-state index in [1.54, 1.807) is 6.92 Å².